The number of halogens is 1. The van der Waals surface area contributed by atoms with Crippen LogP contribution >= 0.6 is 0 Å². The van der Waals surface area contributed by atoms with Crippen molar-refractivity contribution >= 4 is 9.84 Å². The Morgan fingerprint density at radius 1 is 1.15 bits per heavy atom. The number of sulfone groups is 1. The van der Waals surface area contributed by atoms with Crippen LogP contribution in [0.25, 0.3) is 0 Å². The van der Waals surface area contributed by atoms with Gasteiger partial charge in [-0.1, -0.05) is 18.2 Å². The van der Waals surface area contributed by atoms with Crippen LogP contribution in [0.1, 0.15) is 22.7 Å². The molecule has 2 N–H and O–H groups in total. The molecule has 0 aromatic heterocycles. The SMILES string of the molecule is Cc1ccc(F)cc1C(N)c1cccc(S(C)(=O)=O)c1. The van der Waals surface area contributed by atoms with Gasteiger partial charge < -0.3 is 5.73 Å². The molecule has 2 rings (SSSR count). The molecular formula is C15H16FNO2S. The predicted octanol–water partition coefficient (Wildman–Crippen LogP) is 2.59. The number of benzene rings is 2. The van der Waals surface area contributed by atoms with Gasteiger partial charge in [0.2, 0.25) is 0 Å². The second-order valence-corrected chi connectivity index (χ2v) is 6.84. The molecule has 0 spiro atoms. The van der Waals surface area contributed by atoms with E-state index in [0.717, 1.165) is 11.8 Å². The minimum atomic E-state index is -3.29. The molecule has 1 unspecified atom stereocenters. The molecule has 2 aromatic rings. The molecular weight excluding hydrogens is 277 g/mol. The summed E-state index contributed by atoms with van der Waals surface area (Å²) in [7, 11) is -3.29. The highest BCUT2D eigenvalue weighted by molar-refractivity contribution is 7.90. The Balaban J connectivity index is 2.48. The van der Waals surface area contributed by atoms with Gasteiger partial charge in [-0.05, 0) is 47.9 Å². The van der Waals surface area contributed by atoms with E-state index in [1.807, 2.05) is 6.92 Å². The third kappa shape index (κ3) is 3.05. The van der Waals surface area contributed by atoms with Gasteiger partial charge in [0.05, 0.1) is 10.9 Å². The standard InChI is InChI=1S/C15H16FNO2S/c1-10-6-7-12(16)9-14(10)15(17)11-4-3-5-13(8-11)20(2,18)19/h3-9,15H,17H2,1-2H3. The van der Waals surface area contributed by atoms with E-state index in [1.54, 1.807) is 18.2 Å². The van der Waals surface area contributed by atoms with Crippen molar-refractivity contribution in [3.05, 3.63) is 65.0 Å². The molecule has 0 amide bonds. The summed E-state index contributed by atoms with van der Waals surface area (Å²) in [4.78, 5) is 0.208. The van der Waals surface area contributed by atoms with Crippen molar-refractivity contribution in [2.75, 3.05) is 6.26 Å². The average molecular weight is 293 g/mol. The Morgan fingerprint density at radius 3 is 2.50 bits per heavy atom. The second kappa shape index (κ2) is 5.34. The zero-order valence-corrected chi connectivity index (χ0v) is 12.1. The molecule has 0 radical (unpaired) electrons. The summed E-state index contributed by atoms with van der Waals surface area (Å²) in [6.07, 6.45) is 1.14. The monoisotopic (exact) mass is 293 g/mol. The molecule has 3 nitrogen and oxygen atoms in total. The second-order valence-electron chi connectivity index (χ2n) is 4.82. The molecule has 0 aliphatic heterocycles. The van der Waals surface area contributed by atoms with Crippen molar-refractivity contribution in [2.45, 2.75) is 17.9 Å². The van der Waals surface area contributed by atoms with Gasteiger partial charge in [-0.15, -0.1) is 0 Å². The number of nitrogens with two attached hydrogens (primary N) is 1. The number of hydrogen-bond acceptors (Lipinski definition) is 3. The van der Waals surface area contributed by atoms with Gasteiger partial charge in [-0.3, -0.25) is 0 Å². The zero-order valence-electron chi connectivity index (χ0n) is 11.3. The first-order valence-corrected chi connectivity index (χ1v) is 8.00. The topological polar surface area (TPSA) is 60.2 Å². The van der Waals surface area contributed by atoms with E-state index < -0.39 is 15.9 Å². The molecule has 5 heteroatoms. The summed E-state index contributed by atoms with van der Waals surface area (Å²) >= 11 is 0. The van der Waals surface area contributed by atoms with Crippen LogP contribution in [0.3, 0.4) is 0 Å². The molecule has 0 aliphatic carbocycles. The molecule has 1 atom stereocenters. The predicted molar refractivity (Wildman–Crippen MR) is 76.7 cm³/mol. The molecule has 0 aliphatic rings. The summed E-state index contributed by atoms with van der Waals surface area (Å²) < 4.78 is 36.5. The summed E-state index contributed by atoms with van der Waals surface area (Å²) in [6, 6.07) is 10.3. The van der Waals surface area contributed by atoms with Gasteiger partial charge in [0.1, 0.15) is 5.82 Å². The van der Waals surface area contributed by atoms with E-state index in [0.29, 0.717) is 11.1 Å². The Morgan fingerprint density at radius 2 is 1.85 bits per heavy atom. The smallest absolute Gasteiger partial charge is 0.175 e. The van der Waals surface area contributed by atoms with Crippen LogP contribution in [0.4, 0.5) is 4.39 Å². The highest BCUT2D eigenvalue weighted by Gasteiger charge is 2.15. The highest BCUT2D eigenvalue weighted by Crippen LogP contribution is 2.25. The van der Waals surface area contributed by atoms with Gasteiger partial charge in [0, 0.05) is 6.26 Å². The van der Waals surface area contributed by atoms with Crippen LogP contribution in [0.15, 0.2) is 47.4 Å². The quantitative estimate of drug-likeness (QED) is 0.946. The minimum Gasteiger partial charge on any atom is -0.320 e. The molecule has 0 fully saturated rings. The van der Waals surface area contributed by atoms with Crippen molar-refractivity contribution in [1.29, 1.82) is 0 Å². The number of rotatable bonds is 3. The molecule has 0 bridgehead atoms. The van der Waals surface area contributed by atoms with Crippen molar-refractivity contribution in [3.63, 3.8) is 0 Å². The molecule has 2 aromatic carbocycles. The highest BCUT2D eigenvalue weighted by atomic mass is 32.2. The van der Waals surface area contributed by atoms with Gasteiger partial charge in [0.25, 0.3) is 0 Å². The van der Waals surface area contributed by atoms with Gasteiger partial charge in [-0.25, -0.2) is 12.8 Å². The zero-order chi connectivity index (χ0) is 14.9. The maximum Gasteiger partial charge on any atom is 0.175 e. The van der Waals surface area contributed by atoms with Gasteiger partial charge in [0.15, 0.2) is 9.84 Å². The maximum atomic E-state index is 13.3. The molecule has 0 heterocycles. The fraction of sp³-hybridized carbons (Fsp3) is 0.200. The first-order valence-electron chi connectivity index (χ1n) is 6.10. The van der Waals surface area contributed by atoms with Crippen molar-refractivity contribution in [2.24, 2.45) is 5.73 Å². The summed E-state index contributed by atoms with van der Waals surface area (Å²) in [6.45, 7) is 1.84. The van der Waals surface area contributed by atoms with E-state index in [4.69, 9.17) is 5.73 Å². The maximum absolute atomic E-state index is 13.3. The summed E-state index contributed by atoms with van der Waals surface area (Å²) in [5.41, 5.74) is 8.29. The van der Waals surface area contributed by atoms with Gasteiger partial charge in [-0.2, -0.15) is 0 Å². The van der Waals surface area contributed by atoms with Gasteiger partial charge >= 0.3 is 0 Å². The fourth-order valence-corrected chi connectivity index (χ4v) is 2.74. The molecule has 106 valence electrons. The third-order valence-electron chi connectivity index (χ3n) is 3.22. The van der Waals surface area contributed by atoms with Crippen LogP contribution < -0.4 is 5.73 Å². The molecule has 0 saturated heterocycles. The van der Waals surface area contributed by atoms with Crippen LogP contribution in [0, 0.1) is 12.7 Å². The van der Waals surface area contributed by atoms with Crippen LogP contribution in [-0.4, -0.2) is 14.7 Å². The Bertz CT molecular complexity index is 741. The lowest BCUT2D eigenvalue weighted by Crippen LogP contribution is -2.14. The largest absolute Gasteiger partial charge is 0.320 e. The third-order valence-corrected chi connectivity index (χ3v) is 4.33. The number of aryl methyl sites for hydroxylation is 1. The Kier molecular flexibility index (Phi) is 3.92. The van der Waals surface area contributed by atoms with E-state index in [2.05, 4.69) is 0 Å². The fourth-order valence-electron chi connectivity index (χ4n) is 2.06. The lowest BCUT2D eigenvalue weighted by Gasteiger charge is -2.16. The lowest BCUT2D eigenvalue weighted by atomic mass is 9.96. The van der Waals surface area contributed by atoms with E-state index in [9.17, 15) is 12.8 Å². The summed E-state index contributed by atoms with van der Waals surface area (Å²) in [5.74, 6) is -0.361. The van der Waals surface area contributed by atoms with E-state index >= 15 is 0 Å². The van der Waals surface area contributed by atoms with Crippen LogP contribution in [0.2, 0.25) is 0 Å². The van der Waals surface area contributed by atoms with Crippen LogP contribution in [0.5, 0.6) is 0 Å². The normalized spacial score (nSPS) is 13.2. The first-order chi connectivity index (χ1) is 9.29. The number of hydrogen-bond donors (Lipinski definition) is 1. The Labute approximate surface area is 118 Å². The van der Waals surface area contributed by atoms with E-state index in [1.165, 1.54) is 24.3 Å². The van der Waals surface area contributed by atoms with Crippen molar-refractivity contribution < 1.29 is 12.8 Å². The van der Waals surface area contributed by atoms with E-state index in [-0.39, 0.29) is 10.7 Å². The minimum absolute atomic E-state index is 0.208. The Hall–Kier alpha value is -1.72. The van der Waals surface area contributed by atoms with Crippen LogP contribution in [-0.2, 0) is 9.84 Å². The first kappa shape index (κ1) is 14.7. The molecule has 0 saturated carbocycles. The van der Waals surface area contributed by atoms with Crippen molar-refractivity contribution in [1.82, 2.24) is 0 Å². The summed E-state index contributed by atoms with van der Waals surface area (Å²) in [5, 5.41) is 0. The lowest BCUT2D eigenvalue weighted by molar-refractivity contribution is 0.601. The van der Waals surface area contributed by atoms with Crippen molar-refractivity contribution in [3.8, 4) is 0 Å². The average Bonchev–Trinajstić information content (AvgIpc) is 2.40. The molecule has 20 heavy (non-hydrogen) atoms.